The van der Waals surface area contributed by atoms with Gasteiger partial charge in [0.25, 0.3) is 5.91 Å². The molecule has 2 aromatic carbocycles. The summed E-state index contributed by atoms with van der Waals surface area (Å²) in [6.07, 6.45) is 3.18. The van der Waals surface area contributed by atoms with Gasteiger partial charge in [-0.3, -0.25) is 4.79 Å². The highest BCUT2D eigenvalue weighted by molar-refractivity contribution is 7.90. The quantitative estimate of drug-likeness (QED) is 0.301. The normalized spacial score (nSPS) is 11.3. The SMILES string of the molecule is CNC(=O)c1c(C)oc2cc(Oc3ccnc(Nc4cccc(OCCCS(C)(=O)=O)c4)n3)ccc12. The molecule has 4 rings (SSSR count). The Balaban J connectivity index is 1.43. The van der Waals surface area contributed by atoms with E-state index in [4.69, 9.17) is 13.9 Å². The standard InChI is InChI=1S/C25H26N4O6S/c1-16-23(24(30)26-2)20-9-8-19(15-21(20)34-16)35-22-10-11-27-25(29-22)28-17-6-4-7-18(14-17)33-12-5-13-36(3,31)32/h4,6-11,14-15H,5,12-13H2,1-3H3,(H,26,30)(H,27,28,29). The number of nitrogens with one attached hydrogen (secondary N) is 2. The van der Waals surface area contributed by atoms with E-state index >= 15 is 0 Å². The molecule has 2 aromatic heterocycles. The minimum Gasteiger partial charge on any atom is -0.493 e. The average Bonchev–Trinajstić information content (AvgIpc) is 3.16. The first-order valence-electron chi connectivity index (χ1n) is 11.2. The lowest BCUT2D eigenvalue weighted by Crippen LogP contribution is -2.18. The maximum atomic E-state index is 12.1. The predicted molar refractivity (Wildman–Crippen MR) is 136 cm³/mol. The summed E-state index contributed by atoms with van der Waals surface area (Å²) in [6, 6.07) is 14.0. The first-order valence-corrected chi connectivity index (χ1v) is 13.2. The Morgan fingerprint density at radius 3 is 2.72 bits per heavy atom. The zero-order valence-corrected chi connectivity index (χ0v) is 20.9. The summed E-state index contributed by atoms with van der Waals surface area (Å²) in [5.74, 6) is 2.11. The van der Waals surface area contributed by atoms with Crippen molar-refractivity contribution in [2.75, 3.05) is 31.0 Å². The third kappa shape index (κ3) is 6.30. The zero-order chi connectivity index (χ0) is 25.7. The van der Waals surface area contributed by atoms with Crippen LogP contribution in [0.1, 0.15) is 22.5 Å². The Morgan fingerprint density at radius 1 is 1.11 bits per heavy atom. The minimum atomic E-state index is -3.01. The average molecular weight is 511 g/mol. The third-order valence-electron chi connectivity index (χ3n) is 5.16. The number of nitrogens with zero attached hydrogens (tertiary/aromatic N) is 2. The number of aromatic nitrogens is 2. The molecule has 1 amide bonds. The number of benzene rings is 2. The summed E-state index contributed by atoms with van der Waals surface area (Å²) in [5.41, 5.74) is 1.72. The number of hydrogen-bond acceptors (Lipinski definition) is 9. The zero-order valence-electron chi connectivity index (χ0n) is 20.1. The molecule has 0 fully saturated rings. The molecule has 0 bridgehead atoms. The second-order valence-electron chi connectivity index (χ2n) is 8.08. The van der Waals surface area contributed by atoms with E-state index in [-0.39, 0.29) is 11.7 Å². The molecule has 0 saturated carbocycles. The summed E-state index contributed by atoms with van der Waals surface area (Å²) < 4.78 is 39.8. The van der Waals surface area contributed by atoms with Crippen LogP contribution in [-0.2, 0) is 9.84 Å². The number of amides is 1. The van der Waals surface area contributed by atoms with Crippen molar-refractivity contribution in [3.63, 3.8) is 0 Å². The number of carbonyl (C=O) groups is 1. The summed E-state index contributed by atoms with van der Waals surface area (Å²) in [6.45, 7) is 2.03. The number of fused-ring (bicyclic) bond motifs is 1. The van der Waals surface area contributed by atoms with Crippen LogP contribution >= 0.6 is 0 Å². The number of aryl methyl sites for hydroxylation is 1. The van der Waals surface area contributed by atoms with E-state index in [1.54, 1.807) is 56.6 Å². The molecule has 2 N–H and O–H groups in total. The van der Waals surface area contributed by atoms with Crippen LogP contribution in [0.5, 0.6) is 17.4 Å². The molecule has 0 saturated heterocycles. The molecule has 10 nitrogen and oxygen atoms in total. The van der Waals surface area contributed by atoms with E-state index in [0.717, 1.165) is 0 Å². The van der Waals surface area contributed by atoms with Crippen molar-refractivity contribution in [1.82, 2.24) is 15.3 Å². The number of hydrogen-bond donors (Lipinski definition) is 2. The highest BCUT2D eigenvalue weighted by Crippen LogP contribution is 2.31. The van der Waals surface area contributed by atoms with Crippen LogP contribution in [0, 0.1) is 6.92 Å². The Kier molecular flexibility index (Phi) is 7.39. The molecule has 2 heterocycles. The Labute approximate surface area is 208 Å². The van der Waals surface area contributed by atoms with Crippen molar-refractivity contribution in [3.05, 3.63) is 66.1 Å². The molecule has 0 radical (unpaired) electrons. The van der Waals surface area contributed by atoms with Gasteiger partial charge in [0, 0.05) is 48.8 Å². The Morgan fingerprint density at radius 2 is 1.94 bits per heavy atom. The largest absolute Gasteiger partial charge is 0.493 e. The van der Waals surface area contributed by atoms with Crippen molar-refractivity contribution in [3.8, 4) is 17.4 Å². The molecule has 0 atom stereocenters. The second-order valence-corrected chi connectivity index (χ2v) is 10.3. The van der Waals surface area contributed by atoms with E-state index in [2.05, 4.69) is 20.6 Å². The van der Waals surface area contributed by atoms with Crippen LogP contribution in [0.4, 0.5) is 11.6 Å². The maximum absolute atomic E-state index is 12.1. The molecule has 4 aromatic rings. The van der Waals surface area contributed by atoms with Gasteiger partial charge in [0.05, 0.1) is 17.9 Å². The number of anilines is 2. The molecule has 188 valence electrons. The molecule has 0 aliphatic heterocycles. The van der Waals surface area contributed by atoms with E-state index < -0.39 is 9.84 Å². The van der Waals surface area contributed by atoms with Crippen LogP contribution in [0.2, 0.25) is 0 Å². The molecule has 36 heavy (non-hydrogen) atoms. The summed E-state index contributed by atoms with van der Waals surface area (Å²) in [4.78, 5) is 20.8. The highest BCUT2D eigenvalue weighted by Gasteiger charge is 2.17. The van der Waals surface area contributed by atoms with Crippen LogP contribution in [0.25, 0.3) is 11.0 Å². The lowest BCUT2D eigenvalue weighted by molar-refractivity contribution is 0.0963. The van der Waals surface area contributed by atoms with Gasteiger partial charge in [-0.2, -0.15) is 4.98 Å². The second kappa shape index (κ2) is 10.6. The Bertz CT molecular complexity index is 1500. The monoisotopic (exact) mass is 510 g/mol. The first-order chi connectivity index (χ1) is 17.2. The van der Waals surface area contributed by atoms with E-state index in [1.165, 1.54) is 6.26 Å². The number of furan rings is 1. The van der Waals surface area contributed by atoms with Crippen molar-refractivity contribution in [1.29, 1.82) is 0 Å². The molecule has 0 spiro atoms. The van der Waals surface area contributed by atoms with E-state index in [0.29, 0.717) is 64.3 Å². The van der Waals surface area contributed by atoms with Gasteiger partial charge in [-0.05, 0) is 37.6 Å². The van der Waals surface area contributed by atoms with E-state index in [9.17, 15) is 13.2 Å². The van der Waals surface area contributed by atoms with Crippen molar-refractivity contribution in [2.24, 2.45) is 0 Å². The predicted octanol–water partition coefficient (Wildman–Crippen LogP) is 4.24. The topological polar surface area (TPSA) is 133 Å². The molecule has 0 unspecified atom stereocenters. The van der Waals surface area contributed by atoms with Gasteiger partial charge in [0.15, 0.2) is 0 Å². The van der Waals surface area contributed by atoms with Gasteiger partial charge >= 0.3 is 0 Å². The van der Waals surface area contributed by atoms with Gasteiger partial charge in [-0.25, -0.2) is 13.4 Å². The van der Waals surface area contributed by atoms with Crippen molar-refractivity contribution >= 4 is 38.3 Å². The summed E-state index contributed by atoms with van der Waals surface area (Å²) >= 11 is 0. The maximum Gasteiger partial charge on any atom is 0.255 e. The van der Waals surface area contributed by atoms with Gasteiger partial charge in [0.1, 0.15) is 32.7 Å². The van der Waals surface area contributed by atoms with E-state index in [1.807, 2.05) is 12.1 Å². The molecule has 11 heteroatoms. The fourth-order valence-corrected chi connectivity index (χ4v) is 4.20. The third-order valence-corrected chi connectivity index (χ3v) is 6.19. The lowest BCUT2D eigenvalue weighted by atomic mass is 10.1. The number of sulfone groups is 1. The smallest absolute Gasteiger partial charge is 0.255 e. The van der Waals surface area contributed by atoms with Gasteiger partial charge in [-0.1, -0.05) is 6.07 Å². The number of carbonyl (C=O) groups excluding carboxylic acids is 1. The van der Waals surface area contributed by atoms with Gasteiger partial charge in [-0.15, -0.1) is 0 Å². The van der Waals surface area contributed by atoms with Crippen LogP contribution in [0.3, 0.4) is 0 Å². The summed E-state index contributed by atoms with van der Waals surface area (Å²) in [5, 5.41) is 6.42. The minimum absolute atomic E-state index is 0.0767. The fraction of sp³-hybridized carbons (Fsp3) is 0.240. The molecular weight excluding hydrogens is 484 g/mol. The molecule has 0 aliphatic rings. The highest BCUT2D eigenvalue weighted by atomic mass is 32.2. The first kappa shape index (κ1) is 25.0. The Hall–Kier alpha value is -4.12. The van der Waals surface area contributed by atoms with Crippen molar-refractivity contribution in [2.45, 2.75) is 13.3 Å². The van der Waals surface area contributed by atoms with Crippen LogP contribution in [-0.4, -0.2) is 50.0 Å². The number of rotatable bonds is 10. The van der Waals surface area contributed by atoms with Gasteiger partial charge < -0.3 is 24.5 Å². The fourth-order valence-electron chi connectivity index (χ4n) is 3.55. The lowest BCUT2D eigenvalue weighted by Gasteiger charge is -2.10. The van der Waals surface area contributed by atoms with Crippen molar-refractivity contribution < 1.29 is 27.1 Å². The number of ether oxygens (including phenoxy) is 2. The van der Waals surface area contributed by atoms with Crippen LogP contribution in [0.15, 0.2) is 59.1 Å². The van der Waals surface area contributed by atoms with Crippen LogP contribution < -0.4 is 20.1 Å². The van der Waals surface area contributed by atoms with Gasteiger partial charge in [0.2, 0.25) is 11.8 Å². The molecular formula is C25H26N4O6S. The molecule has 0 aliphatic carbocycles. The summed E-state index contributed by atoms with van der Waals surface area (Å²) in [7, 11) is -1.44.